The number of carbonyl (C=O) groups is 1. The summed E-state index contributed by atoms with van der Waals surface area (Å²) >= 11 is 0. The molecule has 3 aromatic rings. The van der Waals surface area contributed by atoms with Crippen LogP contribution < -0.4 is 16.6 Å². The number of fused-ring (bicyclic) bond motifs is 1. The Hall–Kier alpha value is -3.21. The van der Waals surface area contributed by atoms with E-state index in [0.29, 0.717) is 5.69 Å². The lowest BCUT2D eigenvalue weighted by Gasteiger charge is -2.15. The van der Waals surface area contributed by atoms with Crippen LogP contribution >= 0.6 is 0 Å². The molecule has 0 aliphatic rings. The lowest BCUT2D eigenvalue weighted by molar-refractivity contribution is 0.0998. The van der Waals surface area contributed by atoms with Gasteiger partial charge in [-0.1, -0.05) is 42.5 Å². The molecule has 5 heteroatoms. The van der Waals surface area contributed by atoms with Crippen LogP contribution in [0.15, 0.2) is 60.7 Å². The first-order chi connectivity index (χ1) is 10.7. The van der Waals surface area contributed by atoms with Gasteiger partial charge in [-0.05, 0) is 23.6 Å². The number of para-hydroxylation sites is 1. The Morgan fingerprint density at radius 3 is 2.36 bits per heavy atom. The number of benzene rings is 3. The second-order valence-electron chi connectivity index (χ2n) is 4.85. The summed E-state index contributed by atoms with van der Waals surface area (Å²) in [6.07, 6.45) is 0. The van der Waals surface area contributed by atoms with E-state index in [2.05, 4.69) is 10.9 Å². The van der Waals surface area contributed by atoms with Crippen LogP contribution in [0.2, 0.25) is 0 Å². The highest BCUT2D eigenvalue weighted by molar-refractivity contribution is 6.07. The van der Waals surface area contributed by atoms with Crippen molar-refractivity contribution in [3.05, 3.63) is 66.2 Å². The van der Waals surface area contributed by atoms with Gasteiger partial charge >= 0.3 is 0 Å². The Kier molecular flexibility index (Phi) is 3.53. The number of aromatic hydroxyl groups is 1. The van der Waals surface area contributed by atoms with Crippen molar-refractivity contribution in [2.24, 2.45) is 5.73 Å². The van der Waals surface area contributed by atoms with Crippen LogP contribution in [0.1, 0.15) is 10.4 Å². The molecular weight excluding hydrogens is 278 g/mol. The summed E-state index contributed by atoms with van der Waals surface area (Å²) in [5.41, 5.74) is 12.6. The van der Waals surface area contributed by atoms with Gasteiger partial charge in [0.15, 0.2) is 5.75 Å². The average molecular weight is 293 g/mol. The average Bonchev–Trinajstić information content (AvgIpc) is 2.54. The summed E-state index contributed by atoms with van der Waals surface area (Å²) in [4.78, 5) is 11.5. The van der Waals surface area contributed by atoms with Crippen molar-refractivity contribution < 1.29 is 9.90 Å². The van der Waals surface area contributed by atoms with Gasteiger partial charge in [-0.25, -0.2) is 0 Å². The number of hydrogen-bond donors (Lipinski definition) is 4. The molecule has 3 aromatic carbocycles. The van der Waals surface area contributed by atoms with Gasteiger partial charge in [0.25, 0.3) is 5.91 Å². The monoisotopic (exact) mass is 293 g/mol. The lowest BCUT2D eigenvalue weighted by atomic mass is 10.0. The van der Waals surface area contributed by atoms with Gasteiger partial charge in [0.1, 0.15) is 5.69 Å². The minimum Gasteiger partial charge on any atom is -0.505 e. The highest BCUT2D eigenvalue weighted by Crippen LogP contribution is 2.35. The molecule has 0 atom stereocenters. The summed E-state index contributed by atoms with van der Waals surface area (Å²) in [5.74, 6) is -0.847. The van der Waals surface area contributed by atoms with Crippen LogP contribution in [-0.2, 0) is 0 Å². The van der Waals surface area contributed by atoms with Crippen LogP contribution in [0.25, 0.3) is 10.8 Å². The molecule has 0 unspecified atom stereocenters. The molecule has 0 saturated heterocycles. The molecule has 5 nitrogen and oxygen atoms in total. The molecule has 22 heavy (non-hydrogen) atoms. The third-order valence-electron chi connectivity index (χ3n) is 3.39. The predicted molar refractivity (Wildman–Crippen MR) is 87.8 cm³/mol. The Bertz CT molecular complexity index is 832. The van der Waals surface area contributed by atoms with E-state index in [4.69, 9.17) is 5.73 Å². The minimum atomic E-state index is -0.675. The zero-order chi connectivity index (χ0) is 15.5. The SMILES string of the molecule is NC(=O)c1cc2ccccc2c(NNc2ccccc2)c1O. The van der Waals surface area contributed by atoms with Crippen molar-refractivity contribution in [2.45, 2.75) is 0 Å². The zero-order valence-corrected chi connectivity index (χ0v) is 11.7. The van der Waals surface area contributed by atoms with Gasteiger partial charge in [0.05, 0.1) is 11.3 Å². The highest BCUT2D eigenvalue weighted by atomic mass is 16.3. The first kappa shape index (κ1) is 13.8. The van der Waals surface area contributed by atoms with E-state index >= 15 is 0 Å². The standard InChI is InChI=1S/C17H15N3O2/c18-17(22)14-10-11-6-4-5-9-13(11)15(16(14)21)20-19-12-7-2-1-3-8-12/h1-10,19-21H,(H2,18,22). The maximum atomic E-state index is 11.5. The fourth-order valence-corrected chi connectivity index (χ4v) is 2.31. The van der Waals surface area contributed by atoms with Crippen molar-refractivity contribution in [1.29, 1.82) is 0 Å². The number of amides is 1. The van der Waals surface area contributed by atoms with Crippen molar-refractivity contribution in [1.82, 2.24) is 0 Å². The smallest absolute Gasteiger partial charge is 0.252 e. The third kappa shape index (κ3) is 2.52. The van der Waals surface area contributed by atoms with Gasteiger partial charge in [0, 0.05) is 5.39 Å². The third-order valence-corrected chi connectivity index (χ3v) is 3.39. The Labute approximate surface area is 127 Å². The molecule has 0 aliphatic carbocycles. The second kappa shape index (κ2) is 5.65. The molecule has 0 saturated carbocycles. The van der Waals surface area contributed by atoms with Crippen LogP contribution in [0.4, 0.5) is 11.4 Å². The van der Waals surface area contributed by atoms with E-state index in [1.165, 1.54) is 0 Å². The van der Waals surface area contributed by atoms with Gasteiger partial charge in [0.2, 0.25) is 0 Å². The maximum Gasteiger partial charge on any atom is 0.252 e. The number of rotatable bonds is 4. The first-order valence-corrected chi connectivity index (χ1v) is 6.78. The number of phenols is 1. The normalized spacial score (nSPS) is 10.4. The number of primary amides is 1. The number of hydrazine groups is 1. The highest BCUT2D eigenvalue weighted by Gasteiger charge is 2.15. The quantitative estimate of drug-likeness (QED) is 0.440. The van der Waals surface area contributed by atoms with Gasteiger partial charge in [-0.2, -0.15) is 0 Å². The van der Waals surface area contributed by atoms with Gasteiger partial charge < -0.3 is 16.3 Å². The van der Waals surface area contributed by atoms with E-state index in [1.807, 2.05) is 54.6 Å². The fraction of sp³-hybridized carbons (Fsp3) is 0. The van der Waals surface area contributed by atoms with Crippen molar-refractivity contribution in [3.8, 4) is 5.75 Å². The molecule has 0 heterocycles. The molecular formula is C17H15N3O2. The number of nitrogens with one attached hydrogen (secondary N) is 2. The largest absolute Gasteiger partial charge is 0.505 e. The zero-order valence-electron chi connectivity index (χ0n) is 11.7. The number of anilines is 2. The predicted octanol–water partition coefficient (Wildman–Crippen LogP) is 3.08. The molecule has 1 amide bonds. The first-order valence-electron chi connectivity index (χ1n) is 6.78. The molecule has 0 spiro atoms. The second-order valence-corrected chi connectivity index (χ2v) is 4.85. The molecule has 110 valence electrons. The fourth-order valence-electron chi connectivity index (χ4n) is 2.31. The molecule has 5 N–H and O–H groups in total. The summed E-state index contributed by atoms with van der Waals surface area (Å²) in [6.45, 7) is 0. The molecule has 0 bridgehead atoms. The van der Waals surface area contributed by atoms with Gasteiger partial charge in [-0.15, -0.1) is 0 Å². The maximum absolute atomic E-state index is 11.5. The molecule has 0 fully saturated rings. The summed E-state index contributed by atoms with van der Waals surface area (Å²) < 4.78 is 0. The number of nitrogens with two attached hydrogens (primary N) is 1. The van der Waals surface area contributed by atoms with E-state index in [-0.39, 0.29) is 11.3 Å². The summed E-state index contributed by atoms with van der Waals surface area (Å²) in [7, 11) is 0. The summed E-state index contributed by atoms with van der Waals surface area (Å²) in [5, 5.41) is 11.9. The Balaban J connectivity index is 2.06. The Morgan fingerprint density at radius 1 is 0.955 bits per heavy atom. The van der Waals surface area contributed by atoms with Crippen LogP contribution in [-0.4, -0.2) is 11.0 Å². The van der Waals surface area contributed by atoms with Crippen molar-refractivity contribution >= 4 is 28.1 Å². The van der Waals surface area contributed by atoms with Gasteiger partial charge in [-0.3, -0.25) is 10.2 Å². The molecule has 0 radical (unpaired) electrons. The molecule has 0 aliphatic heterocycles. The lowest BCUT2D eigenvalue weighted by Crippen LogP contribution is -2.14. The summed E-state index contributed by atoms with van der Waals surface area (Å²) in [6, 6.07) is 18.5. The van der Waals surface area contributed by atoms with Crippen LogP contribution in [0.5, 0.6) is 5.75 Å². The van der Waals surface area contributed by atoms with Crippen LogP contribution in [0, 0.1) is 0 Å². The number of carbonyl (C=O) groups excluding carboxylic acids is 1. The topological polar surface area (TPSA) is 87.4 Å². The van der Waals surface area contributed by atoms with E-state index in [1.54, 1.807) is 6.07 Å². The van der Waals surface area contributed by atoms with Crippen LogP contribution in [0.3, 0.4) is 0 Å². The molecule has 0 aromatic heterocycles. The van der Waals surface area contributed by atoms with Crippen molar-refractivity contribution in [3.63, 3.8) is 0 Å². The van der Waals surface area contributed by atoms with Crippen molar-refractivity contribution in [2.75, 3.05) is 10.9 Å². The molecule has 3 rings (SSSR count). The van der Waals surface area contributed by atoms with E-state index in [0.717, 1.165) is 16.5 Å². The number of hydrogen-bond acceptors (Lipinski definition) is 4. The minimum absolute atomic E-state index is 0.0797. The van der Waals surface area contributed by atoms with E-state index in [9.17, 15) is 9.90 Å². The Morgan fingerprint density at radius 2 is 1.64 bits per heavy atom. The van der Waals surface area contributed by atoms with E-state index < -0.39 is 5.91 Å².